The summed E-state index contributed by atoms with van der Waals surface area (Å²) in [5.74, 6) is -0.823. The molecule has 0 aliphatic carbocycles. The first-order valence-corrected chi connectivity index (χ1v) is 4.18. The lowest BCUT2D eigenvalue weighted by Gasteiger charge is -1.92. The molecule has 0 saturated carbocycles. The van der Waals surface area contributed by atoms with Gasteiger partial charge in [0.05, 0.1) is 0 Å². The van der Waals surface area contributed by atoms with Crippen molar-refractivity contribution in [3.63, 3.8) is 0 Å². The van der Waals surface area contributed by atoms with Gasteiger partial charge in [-0.3, -0.25) is 9.78 Å². The van der Waals surface area contributed by atoms with E-state index < -0.39 is 5.91 Å². The van der Waals surface area contributed by atoms with Gasteiger partial charge in [-0.2, -0.15) is 0 Å². The number of carbonyl (C=O) groups is 1. The Bertz CT molecular complexity index is 492. The number of pyridine rings is 1. The second-order valence-corrected chi connectivity index (χ2v) is 2.86. The molecule has 0 unspecified atom stereocenters. The lowest BCUT2D eigenvalue weighted by atomic mass is 10.3. The molecule has 0 fully saturated rings. The Hall–Kier alpha value is -2.37. The largest absolute Gasteiger partial charge is 0.493 e. The zero-order valence-electron chi connectivity index (χ0n) is 7.64. The van der Waals surface area contributed by atoms with Crippen LogP contribution in [0, 0.1) is 0 Å². The summed E-state index contributed by atoms with van der Waals surface area (Å²) in [6.45, 7) is 0. The van der Waals surface area contributed by atoms with Crippen LogP contribution in [0.25, 0.3) is 11.5 Å². The van der Waals surface area contributed by atoms with Crippen LogP contribution < -0.4 is 5.73 Å². The van der Waals surface area contributed by atoms with Crippen LogP contribution in [-0.4, -0.2) is 26.0 Å². The predicted octanol–water partition coefficient (Wildman–Crippen LogP) is 0.276. The molecule has 0 aliphatic heterocycles. The normalized spacial score (nSPS) is 10.1. The molecule has 2 aromatic rings. The minimum absolute atomic E-state index is 0.185. The number of rotatable bonds is 2. The van der Waals surface area contributed by atoms with E-state index in [2.05, 4.69) is 15.0 Å². The van der Waals surface area contributed by atoms with E-state index in [-0.39, 0.29) is 11.6 Å². The number of hydrogen-bond donors (Lipinski definition) is 3. The van der Waals surface area contributed by atoms with Crippen molar-refractivity contribution < 1.29 is 9.90 Å². The molecule has 15 heavy (non-hydrogen) atoms. The summed E-state index contributed by atoms with van der Waals surface area (Å²) in [6, 6.07) is 5.22. The van der Waals surface area contributed by atoms with Crippen LogP contribution in [0.2, 0.25) is 0 Å². The highest BCUT2D eigenvalue weighted by molar-refractivity contribution is 5.93. The fourth-order valence-corrected chi connectivity index (χ4v) is 1.16. The lowest BCUT2D eigenvalue weighted by molar-refractivity contribution is 0.0993. The zero-order valence-corrected chi connectivity index (χ0v) is 7.64. The Morgan fingerprint density at radius 3 is 2.80 bits per heavy atom. The van der Waals surface area contributed by atoms with Crippen LogP contribution in [0.5, 0.6) is 5.88 Å². The second-order valence-electron chi connectivity index (χ2n) is 2.86. The molecule has 0 saturated heterocycles. The van der Waals surface area contributed by atoms with Crippen LogP contribution in [0.15, 0.2) is 24.4 Å². The Morgan fingerprint density at radius 1 is 1.47 bits per heavy atom. The molecule has 1 amide bonds. The fourth-order valence-electron chi connectivity index (χ4n) is 1.16. The maximum atomic E-state index is 10.8. The number of amides is 1. The number of nitrogens with one attached hydrogen (secondary N) is 1. The number of aromatic hydroxyl groups is 1. The highest BCUT2D eigenvalue weighted by Crippen LogP contribution is 2.19. The van der Waals surface area contributed by atoms with Gasteiger partial charge in [0.25, 0.3) is 5.91 Å². The van der Waals surface area contributed by atoms with Crippen molar-refractivity contribution >= 4 is 5.91 Å². The Balaban J connectivity index is 2.48. The predicted molar refractivity (Wildman–Crippen MR) is 52.0 cm³/mol. The van der Waals surface area contributed by atoms with Crippen LogP contribution in [-0.2, 0) is 0 Å². The first kappa shape index (κ1) is 9.20. The molecule has 6 heteroatoms. The first-order chi connectivity index (χ1) is 7.18. The summed E-state index contributed by atoms with van der Waals surface area (Å²) in [5.41, 5.74) is 5.35. The van der Waals surface area contributed by atoms with E-state index >= 15 is 0 Å². The number of aromatic nitrogens is 3. The molecule has 0 spiro atoms. The molecule has 6 nitrogen and oxygen atoms in total. The standard InChI is InChI=1S/C9H8N4O2/c10-7(14)6-9(15)13-8(12-6)5-3-1-2-4-11-5/h1-4,15H,(H2,10,14)(H,12,13). The summed E-state index contributed by atoms with van der Waals surface area (Å²) < 4.78 is 0. The van der Waals surface area contributed by atoms with Crippen molar-refractivity contribution in [2.45, 2.75) is 0 Å². The minimum atomic E-state index is -0.786. The van der Waals surface area contributed by atoms with Crippen molar-refractivity contribution in [3.05, 3.63) is 30.1 Å². The van der Waals surface area contributed by atoms with Crippen LogP contribution >= 0.6 is 0 Å². The van der Waals surface area contributed by atoms with E-state index in [0.717, 1.165) is 0 Å². The lowest BCUT2D eigenvalue weighted by Crippen LogP contribution is -2.11. The van der Waals surface area contributed by atoms with Crippen LogP contribution in [0.1, 0.15) is 10.5 Å². The fraction of sp³-hybridized carbons (Fsp3) is 0. The first-order valence-electron chi connectivity index (χ1n) is 4.18. The van der Waals surface area contributed by atoms with Crippen molar-refractivity contribution in [2.75, 3.05) is 0 Å². The molecule has 0 radical (unpaired) electrons. The van der Waals surface area contributed by atoms with Gasteiger partial charge in [0.15, 0.2) is 11.5 Å². The number of H-pyrrole nitrogens is 1. The van der Waals surface area contributed by atoms with Crippen molar-refractivity contribution in [1.29, 1.82) is 0 Å². The Kier molecular flexibility index (Phi) is 2.09. The molecule has 0 aliphatic rings. The molecular weight excluding hydrogens is 196 g/mol. The summed E-state index contributed by atoms with van der Waals surface area (Å²) in [4.78, 5) is 21.2. The average Bonchev–Trinajstić information content (AvgIpc) is 2.62. The maximum absolute atomic E-state index is 10.8. The third-order valence-corrected chi connectivity index (χ3v) is 1.83. The molecular formula is C9H8N4O2. The van der Waals surface area contributed by atoms with E-state index in [9.17, 15) is 9.90 Å². The van der Waals surface area contributed by atoms with E-state index in [1.165, 1.54) is 0 Å². The summed E-state index contributed by atoms with van der Waals surface area (Å²) >= 11 is 0. The van der Waals surface area contributed by atoms with Gasteiger partial charge >= 0.3 is 0 Å². The molecule has 2 rings (SSSR count). The van der Waals surface area contributed by atoms with Gasteiger partial charge in [-0.15, -0.1) is 0 Å². The van der Waals surface area contributed by atoms with Gasteiger partial charge in [0, 0.05) is 6.20 Å². The van der Waals surface area contributed by atoms with Gasteiger partial charge in [0.1, 0.15) is 5.69 Å². The molecule has 0 atom stereocenters. The van der Waals surface area contributed by atoms with E-state index in [1.54, 1.807) is 24.4 Å². The summed E-state index contributed by atoms with van der Waals surface area (Å²) in [5, 5.41) is 9.32. The molecule has 0 bridgehead atoms. The quantitative estimate of drug-likeness (QED) is 0.653. The van der Waals surface area contributed by atoms with Crippen LogP contribution in [0.3, 0.4) is 0 Å². The third kappa shape index (κ3) is 1.64. The van der Waals surface area contributed by atoms with Crippen molar-refractivity contribution in [1.82, 2.24) is 15.0 Å². The number of hydrogen-bond acceptors (Lipinski definition) is 4. The monoisotopic (exact) mass is 204 g/mol. The number of carbonyl (C=O) groups excluding carboxylic acids is 1. The molecule has 4 N–H and O–H groups in total. The summed E-state index contributed by atoms with van der Waals surface area (Å²) in [6.07, 6.45) is 1.58. The van der Waals surface area contributed by atoms with E-state index in [0.29, 0.717) is 11.5 Å². The SMILES string of the molecule is NC(=O)c1nc(-c2ccccn2)[nH]c1O. The topological polar surface area (TPSA) is 105 Å². The van der Waals surface area contributed by atoms with Crippen molar-refractivity contribution in [2.24, 2.45) is 5.73 Å². The molecule has 0 aromatic carbocycles. The minimum Gasteiger partial charge on any atom is -0.493 e. The van der Waals surface area contributed by atoms with Crippen LogP contribution in [0.4, 0.5) is 0 Å². The van der Waals surface area contributed by atoms with Gasteiger partial charge in [-0.05, 0) is 12.1 Å². The Labute approximate surface area is 84.8 Å². The molecule has 2 heterocycles. The van der Waals surface area contributed by atoms with E-state index in [4.69, 9.17) is 5.73 Å². The summed E-state index contributed by atoms with van der Waals surface area (Å²) in [7, 11) is 0. The second kappa shape index (κ2) is 3.41. The molecule has 2 aromatic heterocycles. The number of primary amides is 1. The molecule has 76 valence electrons. The van der Waals surface area contributed by atoms with Gasteiger partial charge < -0.3 is 15.8 Å². The van der Waals surface area contributed by atoms with Gasteiger partial charge in [-0.1, -0.05) is 6.07 Å². The Morgan fingerprint density at radius 2 is 2.27 bits per heavy atom. The van der Waals surface area contributed by atoms with Crippen molar-refractivity contribution in [3.8, 4) is 17.4 Å². The third-order valence-electron chi connectivity index (χ3n) is 1.83. The highest BCUT2D eigenvalue weighted by atomic mass is 16.3. The number of aromatic amines is 1. The number of nitrogens with zero attached hydrogens (tertiary/aromatic N) is 2. The zero-order chi connectivity index (χ0) is 10.8. The highest BCUT2D eigenvalue weighted by Gasteiger charge is 2.15. The maximum Gasteiger partial charge on any atom is 0.272 e. The van der Waals surface area contributed by atoms with E-state index in [1.807, 2.05) is 0 Å². The van der Waals surface area contributed by atoms with Gasteiger partial charge in [0.2, 0.25) is 5.88 Å². The van der Waals surface area contributed by atoms with Gasteiger partial charge in [-0.25, -0.2) is 4.98 Å². The number of imidazole rings is 1. The average molecular weight is 204 g/mol. The smallest absolute Gasteiger partial charge is 0.272 e. The number of nitrogens with two attached hydrogens (primary N) is 1.